The van der Waals surface area contributed by atoms with Crippen molar-refractivity contribution < 1.29 is 18.8 Å². The van der Waals surface area contributed by atoms with Crippen LogP contribution in [0.2, 0.25) is 0 Å². The van der Waals surface area contributed by atoms with Crippen LogP contribution < -0.4 is 10.6 Å². The van der Waals surface area contributed by atoms with E-state index in [9.17, 15) is 9.59 Å². The van der Waals surface area contributed by atoms with Gasteiger partial charge in [-0.15, -0.1) is 0 Å². The van der Waals surface area contributed by atoms with E-state index in [4.69, 9.17) is 9.26 Å². The van der Waals surface area contributed by atoms with E-state index in [2.05, 4.69) is 15.8 Å². The lowest BCUT2D eigenvalue weighted by Gasteiger charge is -2.11. The minimum Gasteiger partial charge on any atom is -0.376 e. The summed E-state index contributed by atoms with van der Waals surface area (Å²) in [5.74, 6) is -0.397. The zero-order valence-corrected chi connectivity index (χ0v) is 13.4. The van der Waals surface area contributed by atoms with Gasteiger partial charge in [-0.05, 0) is 44.0 Å². The Morgan fingerprint density at radius 1 is 1.25 bits per heavy atom. The third-order valence-electron chi connectivity index (χ3n) is 3.77. The molecule has 1 aliphatic rings. The number of hydrogen-bond donors (Lipinski definition) is 2. The van der Waals surface area contributed by atoms with E-state index in [1.807, 2.05) is 0 Å². The fourth-order valence-corrected chi connectivity index (χ4v) is 2.48. The Kier molecular flexibility index (Phi) is 4.90. The van der Waals surface area contributed by atoms with Crippen LogP contribution in [0.1, 0.15) is 39.4 Å². The molecule has 2 amide bonds. The van der Waals surface area contributed by atoms with E-state index in [1.165, 1.54) is 0 Å². The van der Waals surface area contributed by atoms with Crippen LogP contribution >= 0.6 is 0 Å². The first-order chi connectivity index (χ1) is 11.6. The molecule has 0 spiro atoms. The number of hydrogen-bond acceptors (Lipinski definition) is 5. The number of carbonyl (C=O) groups is 2. The molecule has 1 saturated heterocycles. The molecule has 1 aromatic carbocycles. The number of nitrogens with zero attached hydrogens (tertiary/aromatic N) is 1. The molecular weight excluding hydrogens is 310 g/mol. The van der Waals surface area contributed by atoms with Crippen molar-refractivity contribution in [2.45, 2.75) is 25.9 Å². The smallest absolute Gasteiger partial charge is 0.294 e. The molecule has 2 N–H and O–H groups in total. The predicted octanol–water partition coefficient (Wildman–Crippen LogP) is 2.14. The minimum atomic E-state index is -0.383. The maximum atomic E-state index is 12.1. The molecule has 2 heterocycles. The van der Waals surface area contributed by atoms with Crippen molar-refractivity contribution in [1.29, 1.82) is 0 Å². The Labute approximate surface area is 139 Å². The summed E-state index contributed by atoms with van der Waals surface area (Å²) in [7, 11) is 0. The van der Waals surface area contributed by atoms with Gasteiger partial charge in [0.25, 0.3) is 11.8 Å². The van der Waals surface area contributed by atoms with Gasteiger partial charge in [-0.2, -0.15) is 0 Å². The lowest BCUT2D eigenvalue weighted by atomic mass is 10.2. The second-order valence-corrected chi connectivity index (χ2v) is 5.71. The summed E-state index contributed by atoms with van der Waals surface area (Å²) in [5.41, 5.74) is 1.74. The molecule has 1 aliphatic heterocycles. The lowest BCUT2D eigenvalue weighted by molar-refractivity contribution is 0.0857. The average Bonchev–Trinajstić information content (AvgIpc) is 3.25. The van der Waals surface area contributed by atoms with Crippen molar-refractivity contribution in [3.05, 3.63) is 47.3 Å². The third-order valence-corrected chi connectivity index (χ3v) is 3.77. The van der Waals surface area contributed by atoms with Crippen molar-refractivity contribution in [2.24, 2.45) is 0 Å². The Balaban J connectivity index is 1.54. The van der Waals surface area contributed by atoms with Gasteiger partial charge in [0.15, 0.2) is 0 Å². The van der Waals surface area contributed by atoms with Crippen LogP contribution in [0, 0.1) is 6.92 Å². The first kappa shape index (κ1) is 16.2. The summed E-state index contributed by atoms with van der Waals surface area (Å²) in [5, 5.41) is 9.22. The summed E-state index contributed by atoms with van der Waals surface area (Å²) < 4.78 is 10.4. The maximum absolute atomic E-state index is 12.1. The Bertz CT molecular complexity index is 718. The summed E-state index contributed by atoms with van der Waals surface area (Å²) in [4.78, 5) is 24.0. The summed E-state index contributed by atoms with van der Waals surface area (Å²) in [6.45, 7) is 3.02. The van der Waals surface area contributed by atoms with Crippen LogP contribution in [0.25, 0.3) is 0 Å². The highest BCUT2D eigenvalue weighted by molar-refractivity contribution is 6.02. The monoisotopic (exact) mass is 329 g/mol. The molecule has 1 unspecified atom stereocenters. The van der Waals surface area contributed by atoms with Gasteiger partial charge in [0.05, 0.1) is 11.8 Å². The van der Waals surface area contributed by atoms with E-state index in [-0.39, 0.29) is 23.7 Å². The number of nitrogens with one attached hydrogen (secondary N) is 2. The molecular formula is C17H19N3O4. The Hall–Kier alpha value is -2.67. The summed E-state index contributed by atoms with van der Waals surface area (Å²) in [6.07, 6.45) is 2.13. The standard InChI is InChI=1S/C17H19N3O4/c1-11-9-15(24-20-11)17(22)19-13-6-4-12(5-7-13)16(21)18-10-14-3-2-8-23-14/h4-7,9,14H,2-3,8,10H2,1H3,(H,18,21)(H,19,22). The molecule has 0 aliphatic carbocycles. The molecule has 2 aromatic rings. The largest absolute Gasteiger partial charge is 0.376 e. The van der Waals surface area contributed by atoms with Crippen LogP contribution in [0.5, 0.6) is 0 Å². The van der Waals surface area contributed by atoms with Crippen LogP contribution in [0.3, 0.4) is 0 Å². The molecule has 7 heteroatoms. The van der Waals surface area contributed by atoms with Crippen LogP contribution in [0.4, 0.5) is 5.69 Å². The second kappa shape index (κ2) is 7.27. The number of benzene rings is 1. The zero-order valence-electron chi connectivity index (χ0n) is 13.4. The predicted molar refractivity (Wildman–Crippen MR) is 86.9 cm³/mol. The van der Waals surface area contributed by atoms with Crippen molar-refractivity contribution in [2.75, 3.05) is 18.5 Å². The number of amides is 2. The van der Waals surface area contributed by atoms with Crippen molar-refractivity contribution in [3.8, 4) is 0 Å². The van der Waals surface area contributed by atoms with Gasteiger partial charge in [-0.1, -0.05) is 5.16 Å². The third kappa shape index (κ3) is 3.99. The second-order valence-electron chi connectivity index (χ2n) is 5.71. The number of rotatable bonds is 5. The van der Waals surface area contributed by atoms with E-state index in [1.54, 1.807) is 37.3 Å². The average molecular weight is 329 g/mol. The molecule has 0 radical (unpaired) electrons. The molecule has 1 atom stereocenters. The van der Waals surface area contributed by atoms with Gasteiger partial charge in [0, 0.05) is 30.5 Å². The minimum absolute atomic E-state index is 0.109. The molecule has 3 rings (SSSR count). The highest BCUT2D eigenvalue weighted by Crippen LogP contribution is 2.13. The number of ether oxygens (including phenoxy) is 1. The quantitative estimate of drug-likeness (QED) is 0.876. The SMILES string of the molecule is Cc1cc(C(=O)Nc2ccc(C(=O)NCC3CCCO3)cc2)on1. The highest BCUT2D eigenvalue weighted by Gasteiger charge is 2.17. The van der Waals surface area contributed by atoms with E-state index < -0.39 is 0 Å². The molecule has 7 nitrogen and oxygen atoms in total. The molecule has 0 bridgehead atoms. The van der Waals surface area contributed by atoms with E-state index in [0.717, 1.165) is 19.4 Å². The number of aromatic nitrogens is 1. The van der Waals surface area contributed by atoms with Crippen LogP contribution in [0.15, 0.2) is 34.9 Å². The molecule has 1 fully saturated rings. The zero-order chi connectivity index (χ0) is 16.9. The van der Waals surface area contributed by atoms with Gasteiger partial charge in [0.1, 0.15) is 0 Å². The number of anilines is 1. The Morgan fingerprint density at radius 2 is 2.04 bits per heavy atom. The van der Waals surface area contributed by atoms with Gasteiger partial charge in [0.2, 0.25) is 5.76 Å². The first-order valence-corrected chi connectivity index (χ1v) is 7.86. The maximum Gasteiger partial charge on any atom is 0.294 e. The fraction of sp³-hybridized carbons (Fsp3) is 0.353. The van der Waals surface area contributed by atoms with Gasteiger partial charge >= 0.3 is 0 Å². The molecule has 1 aromatic heterocycles. The number of carbonyl (C=O) groups excluding carboxylic acids is 2. The topological polar surface area (TPSA) is 93.5 Å². The molecule has 126 valence electrons. The van der Waals surface area contributed by atoms with Crippen molar-refractivity contribution >= 4 is 17.5 Å². The van der Waals surface area contributed by atoms with Crippen molar-refractivity contribution in [3.63, 3.8) is 0 Å². The van der Waals surface area contributed by atoms with Gasteiger partial charge < -0.3 is 19.9 Å². The first-order valence-electron chi connectivity index (χ1n) is 7.86. The van der Waals surface area contributed by atoms with Crippen LogP contribution in [-0.4, -0.2) is 36.2 Å². The van der Waals surface area contributed by atoms with Gasteiger partial charge in [-0.3, -0.25) is 9.59 Å². The summed E-state index contributed by atoms with van der Waals surface area (Å²) >= 11 is 0. The van der Waals surface area contributed by atoms with Gasteiger partial charge in [-0.25, -0.2) is 0 Å². The molecule has 24 heavy (non-hydrogen) atoms. The Morgan fingerprint density at radius 3 is 2.67 bits per heavy atom. The van der Waals surface area contributed by atoms with E-state index >= 15 is 0 Å². The summed E-state index contributed by atoms with van der Waals surface area (Å²) in [6, 6.07) is 8.21. The normalized spacial score (nSPS) is 16.8. The van der Waals surface area contributed by atoms with Crippen LogP contribution in [-0.2, 0) is 4.74 Å². The molecule has 0 saturated carbocycles. The fourth-order valence-electron chi connectivity index (χ4n) is 2.48. The highest BCUT2D eigenvalue weighted by atomic mass is 16.5. The lowest BCUT2D eigenvalue weighted by Crippen LogP contribution is -2.31. The van der Waals surface area contributed by atoms with E-state index in [0.29, 0.717) is 23.5 Å². The number of aryl methyl sites for hydroxylation is 1. The van der Waals surface area contributed by atoms with Crippen molar-refractivity contribution in [1.82, 2.24) is 10.5 Å².